The number of hydrogen-bond donors (Lipinski definition) is 2. The van der Waals surface area contributed by atoms with Crippen LogP contribution in [0.2, 0.25) is 0 Å². The fourth-order valence-corrected chi connectivity index (χ4v) is 4.15. The summed E-state index contributed by atoms with van der Waals surface area (Å²) in [6.07, 6.45) is -0.838. The van der Waals surface area contributed by atoms with E-state index < -0.39 is 44.6 Å². The number of benzene rings is 1. The van der Waals surface area contributed by atoms with Gasteiger partial charge in [0.25, 0.3) is 0 Å². The van der Waals surface area contributed by atoms with Crippen molar-refractivity contribution in [3.8, 4) is 0 Å². The van der Waals surface area contributed by atoms with E-state index in [0.29, 0.717) is 18.6 Å². The first-order chi connectivity index (χ1) is 13.3. The number of methoxy groups -OCH3 is 1. The third kappa shape index (κ3) is 5.44. The molecule has 0 spiro atoms. The average molecular weight is 421 g/mol. The van der Waals surface area contributed by atoms with Crippen LogP contribution in [-0.4, -0.2) is 70.7 Å². The van der Waals surface area contributed by atoms with Gasteiger partial charge >= 0.3 is 11.8 Å². The van der Waals surface area contributed by atoms with Gasteiger partial charge in [0.05, 0.1) is 19.8 Å². The fourth-order valence-electron chi connectivity index (χ4n) is 2.51. The molecule has 0 aliphatic carbocycles. The first kappa shape index (κ1) is 22.1. The van der Waals surface area contributed by atoms with Crippen LogP contribution in [-0.2, 0) is 29.1 Å². The van der Waals surface area contributed by atoms with E-state index in [1.165, 1.54) is 7.11 Å². The van der Waals surface area contributed by atoms with Crippen LogP contribution in [0.4, 0.5) is 8.78 Å². The lowest BCUT2D eigenvalue weighted by molar-refractivity contribution is -0.140. The number of carbonyl (C=O) groups excluding carboxylic acids is 2. The van der Waals surface area contributed by atoms with E-state index in [1.807, 2.05) is 0 Å². The zero-order chi connectivity index (χ0) is 20.7. The van der Waals surface area contributed by atoms with Gasteiger partial charge in [-0.15, -0.1) is 0 Å². The van der Waals surface area contributed by atoms with Crippen LogP contribution in [0.15, 0.2) is 23.1 Å². The van der Waals surface area contributed by atoms with Crippen LogP contribution in [0, 0.1) is 11.6 Å². The maximum absolute atomic E-state index is 14.0. The number of ether oxygens (including phenoxy) is 2. The second-order valence-electron chi connectivity index (χ2n) is 5.83. The summed E-state index contributed by atoms with van der Waals surface area (Å²) >= 11 is 0. The van der Waals surface area contributed by atoms with Crippen molar-refractivity contribution < 1.29 is 36.3 Å². The third-order valence-electron chi connectivity index (χ3n) is 3.87. The van der Waals surface area contributed by atoms with Crippen LogP contribution in [0.3, 0.4) is 0 Å². The van der Waals surface area contributed by atoms with Crippen molar-refractivity contribution in [3.63, 3.8) is 0 Å². The highest BCUT2D eigenvalue weighted by molar-refractivity contribution is 7.89. The minimum Gasteiger partial charge on any atom is -0.383 e. The third-order valence-corrected chi connectivity index (χ3v) is 5.77. The van der Waals surface area contributed by atoms with Crippen LogP contribution in [0.1, 0.15) is 6.42 Å². The van der Waals surface area contributed by atoms with Gasteiger partial charge in [-0.1, -0.05) is 0 Å². The Kier molecular flexibility index (Phi) is 7.80. The molecule has 2 rings (SSSR count). The molecule has 0 saturated carbocycles. The van der Waals surface area contributed by atoms with E-state index >= 15 is 0 Å². The van der Waals surface area contributed by atoms with Crippen molar-refractivity contribution in [1.29, 1.82) is 0 Å². The lowest BCUT2D eigenvalue weighted by atomic mass is 10.3. The fraction of sp³-hybridized carbons (Fsp3) is 0.500. The summed E-state index contributed by atoms with van der Waals surface area (Å²) in [7, 11) is -2.99. The van der Waals surface area contributed by atoms with Gasteiger partial charge in [0.1, 0.15) is 22.8 Å². The molecule has 0 bridgehead atoms. The molecule has 1 atom stereocenters. The van der Waals surface area contributed by atoms with E-state index in [-0.39, 0.29) is 32.8 Å². The highest BCUT2D eigenvalue weighted by Gasteiger charge is 2.36. The molecule has 0 aromatic heterocycles. The van der Waals surface area contributed by atoms with Gasteiger partial charge in [0, 0.05) is 20.2 Å². The summed E-state index contributed by atoms with van der Waals surface area (Å²) in [5.74, 6) is -3.92. The maximum atomic E-state index is 14.0. The molecule has 2 amide bonds. The predicted molar refractivity (Wildman–Crippen MR) is 92.5 cm³/mol. The second-order valence-corrected chi connectivity index (χ2v) is 7.69. The molecule has 1 aliphatic heterocycles. The first-order valence-electron chi connectivity index (χ1n) is 8.41. The monoisotopic (exact) mass is 421 g/mol. The topological polar surface area (TPSA) is 114 Å². The van der Waals surface area contributed by atoms with E-state index in [1.54, 1.807) is 0 Å². The van der Waals surface area contributed by atoms with Gasteiger partial charge in [-0.05, 0) is 24.6 Å². The largest absolute Gasteiger partial charge is 0.383 e. The zero-order valence-corrected chi connectivity index (χ0v) is 15.9. The molecule has 0 radical (unpaired) electrons. The van der Waals surface area contributed by atoms with Crippen molar-refractivity contribution >= 4 is 21.8 Å². The van der Waals surface area contributed by atoms with Gasteiger partial charge in [-0.25, -0.2) is 17.2 Å². The molecule has 156 valence electrons. The zero-order valence-electron chi connectivity index (χ0n) is 15.1. The molecule has 2 N–H and O–H groups in total. The molecule has 1 aromatic carbocycles. The molecular weight excluding hydrogens is 400 g/mol. The smallest absolute Gasteiger partial charge is 0.309 e. The molecule has 0 unspecified atom stereocenters. The Bertz CT molecular complexity index is 821. The second kappa shape index (κ2) is 9.87. The number of halogens is 2. The van der Waals surface area contributed by atoms with Crippen LogP contribution >= 0.6 is 0 Å². The van der Waals surface area contributed by atoms with Crippen molar-refractivity contribution in [2.24, 2.45) is 0 Å². The molecule has 12 heteroatoms. The molecule has 1 aromatic rings. The van der Waals surface area contributed by atoms with Crippen molar-refractivity contribution in [2.75, 3.05) is 40.0 Å². The number of nitrogens with one attached hydrogen (secondary N) is 2. The number of sulfonamides is 1. The molecular formula is C16H21F2N3O6S. The van der Waals surface area contributed by atoms with Crippen molar-refractivity contribution in [1.82, 2.24) is 14.9 Å². The summed E-state index contributed by atoms with van der Waals surface area (Å²) < 4.78 is 63.8. The Hall–Kier alpha value is -2.15. The number of nitrogens with zero attached hydrogens (tertiary/aromatic N) is 1. The van der Waals surface area contributed by atoms with Crippen molar-refractivity contribution in [3.05, 3.63) is 29.8 Å². The van der Waals surface area contributed by atoms with Gasteiger partial charge in [0.15, 0.2) is 0 Å². The maximum Gasteiger partial charge on any atom is 0.309 e. The number of amides is 2. The van der Waals surface area contributed by atoms with Crippen LogP contribution < -0.4 is 10.6 Å². The summed E-state index contributed by atoms with van der Waals surface area (Å²) in [4.78, 5) is 22.6. The molecule has 9 nitrogen and oxygen atoms in total. The molecule has 28 heavy (non-hydrogen) atoms. The SMILES string of the molecule is COCCNC(=O)C(=O)NC[C@@H]1OCCCN1S(=O)(=O)c1cc(F)ccc1F. The molecule has 1 saturated heterocycles. The Balaban J connectivity index is 2.08. The number of carbonyl (C=O) groups is 2. The Morgan fingerprint density at radius 3 is 2.71 bits per heavy atom. The minimum absolute atomic E-state index is 0.0150. The van der Waals surface area contributed by atoms with Gasteiger partial charge in [-0.3, -0.25) is 9.59 Å². The first-order valence-corrected chi connectivity index (χ1v) is 9.85. The normalized spacial score (nSPS) is 17.9. The average Bonchev–Trinajstić information content (AvgIpc) is 2.68. The standard InChI is InChI=1S/C16H21F2N3O6S/c1-26-8-5-19-15(22)16(23)20-10-14-21(6-2-7-27-14)28(24,25)13-9-11(17)3-4-12(13)18/h3-4,9,14H,2,5-8,10H2,1H3,(H,19,22)(H,20,23)/t14-/m0/s1. The number of hydrogen-bond acceptors (Lipinski definition) is 6. The molecule has 1 fully saturated rings. The Morgan fingerprint density at radius 1 is 1.29 bits per heavy atom. The highest BCUT2D eigenvalue weighted by atomic mass is 32.2. The van der Waals surface area contributed by atoms with Gasteiger partial charge in [0.2, 0.25) is 10.0 Å². The highest BCUT2D eigenvalue weighted by Crippen LogP contribution is 2.24. The van der Waals surface area contributed by atoms with E-state index in [0.717, 1.165) is 10.4 Å². The lowest BCUT2D eigenvalue weighted by Crippen LogP contribution is -2.53. The van der Waals surface area contributed by atoms with Crippen LogP contribution in [0.25, 0.3) is 0 Å². The summed E-state index contributed by atoms with van der Waals surface area (Å²) in [6.45, 7) is 0.196. The van der Waals surface area contributed by atoms with E-state index in [2.05, 4.69) is 10.6 Å². The number of rotatable bonds is 7. The van der Waals surface area contributed by atoms with Gasteiger partial charge in [-0.2, -0.15) is 4.31 Å². The van der Waals surface area contributed by atoms with Crippen LogP contribution in [0.5, 0.6) is 0 Å². The van der Waals surface area contributed by atoms with E-state index in [4.69, 9.17) is 9.47 Å². The minimum atomic E-state index is -4.43. The summed E-state index contributed by atoms with van der Waals surface area (Å²) in [6, 6.07) is 2.10. The summed E-state index contributed by atoms with van der Waals surface area (Å²) in [5, 5.41) is 4.58. The molecule has 1 heterocycles. The Labute approximate surface area is 161 Å². The van der Waals surface area contributed by atoms with E-state index in [9.17, 15) is 26.8 Å². The van der Waals surface area contributed by atoms with Gasteiger partial charge < -0.3 is 20.1 Å². The lowest BCUT2D eigenvalue weighted by Gasteiger charge is -2.34. The van der Waals surface area contributed by atoms with Crippen molar-refractivity contribution in [2.45, 2.75) is 17.5 Å². The molecule has 1 aliphatic rings. The predicted octanol–water partition coefficient (Wildman–Crippen LogP) is -0.419. The Morgan fingerprint density at radius 2 is 2.00 bits per heavy atom. The quantitative estimate of drug-likeness (QED) is 0.457. The summed E-state index contributed by atoms with van der Waals surface area (Å²) in [5.41, 5.74) is 0.